The molecule has 0 bridgehead atoms. The Bertz CT molecular complexity index is 77.4. The maximum atomic E-state index is 9.55. The molecular formula is C5H12N2O2. The number of nitrogens with zero attached hydrogens (tertiary/aromatic N) is 1. The molecule has 4 heteroatoms. The van der Waals surface area contributed by atoms with Crippen LogP contribution >= 0.6 is 0 Å². The molecule has 0 aromatic rings. The molecule has 9 heavy (non-hydrogen) atoms. The molecular weight excluding hydrogens is 120 g/mol. The summed E-state index contributed by atoms with van der Waals surface area (Å²) in [6.45, 7) is 0.335. The largest absolute Gasteiger partial charge is 0.396 e. The van der Waals surface area contributed by atoms with E-state index in [-0.39, 0.29) is 19.2 Å². The van der Waals surface area contributed by atoms with Gasteiger partial charge in [0.1, 0.15) is 0 Å². The van der Waals surface area contributed by atoms with Crippen molar-refractivity contribution in [3.8, 4) is 0 Å². The molecule has 0 amide bonds. The van der Waals surface area contributed by atoms with Gasteiger partial charge in [0.15, 0.2) is 0 Å². The van der Waals surface area contributed by atoms with Gasteiger partial charge in [-0.2, -0.15) is 4.91 Å². The highest BCUT2D eigenvalue weighted by atomic mass is 16.3. The summed E-state index contributed by atoms with van der Waals surface area (Å²) >= 11 is 0. The molecule has 54 valence electrons. The fraction of sp³-hybridized carbons (Fsp3) is 1.00. The predicted octanol–water partition coefficient (Wildman–Crippen LogP) is -0.147. The first-order chi connectivity index (χ1) is 4.31. The van der Waals surface area contributed by atoms with Crippen molar-refractivity contribution in [1.82, 2.24) is 0 Å². The Labute approximate surface area is 54.0 Å². The van der Waals surface area contributed by atoms with E-state index < -0.39 is 0 Å². The highest BCUT2D eigenvalue weighted by Gasteiger charge is 1.99. The predicted molar refractivity (Wildman–Crippen MR) is 35.0 cm³/mol. The van der Waals surface area contributed by atoms with Gasteiger partial charge in [0.25, 0.3) is 0 Å². The molecule has 0 rings (SSSR count). The zero-order valence-corrected chi connectivity index (χ0v) is 5.29. The van der Waals surface area contributed by atoms with Crippen molar-refractivity contribution in [3.63, 3.8) is 0 Å². The lowest BCUT2D eigenvalue weighted by Gasteiger charge is -2.04. The van der Waals surface area contributed by atoms with Gasteiger partial charge in [-0.1, -0.05) is 5.18 Å². The highest BCUT2D eigenvalue weighted by Crippen LogP contribution is 1.92. The van der Waals surface area contributed by atoms with Crippen LogP contribution in [0.2, 0.25) is 0 Å². The summed E-state index contributed by atoms with van der Waals surface area (Å²) in [4.78, 5) is 9.55. The van der Waals surface area contributed by atoms with Crippen LogP contribution in [0.15, 0.2) is 5.18 Å². The Hall–Kier alpha value is -0.480. The number of hydrogen-bond acceptors (Lipinski definition) is 4. The van der Waals surface area contributed by atoms with Crippen LogP contribution in [0.25, 0.3) is 0 Å². The van der Waals surface area contributed by atoms with Crippen molar-refractivity contribution in [2.45, 2.75) is 18.9 Å². The van der Waals surface area contributed by atoms with Crippen molar-refractivity contribution in [1.29, 1.82) is 0 Å². The van der Waals surface area contributed by atoms with Crippen molar-refractivity contribution >= 4 is 0 Å². The second-order valence-electron chi connectivity index (χ2n) is 1.91. The first-order valence-electron chi connectivity index (χ1n) is 2.96. The molecule has 0 heterocycles. The molecule has 0 saturated heterocycles. The summed E-state index contributed by atoms with van der Waals surface area (Å²) in [6.07, 6.45) is 1.12. The van der Waals surface area contributed by atoms with Crippen LogP contribution in [0.3, 0.4) is 0 Å². The van der Waals surface area contributed by atoms with E-state index >= 15 is 0 Å². The van der Waals surface area contributed by atoms with E-state index in [2.05, 4.69) is 5.18 Å². The number of aliphatic hydroxyl groups excluding tert-OH is 1. The van der Waals surface area contributed by atoms with E-state index in [1.165, 1.54) is 0 Å². The second-order valence-corrected chi connectivity index (χ2v) is 1.91. The van der Waals surface area contributed by atoms with Gasteiger partial charge in [0.05, 0.1) is 6.54 Å². The fourth-order valence-corrected chi connectivity index (χ4v) is 0.529. The van der Waals surface area contributed by atoms with E-state index in [4.69, 9.17) is 10.8 Å². The lowest BCUT2D eigenvalue weighted by atomic mass is 10.2. The van der Waals surface area contributed by atoms with E-state index in [1.807, 2.05) is 0 Å². The fourth-order valence-electron chi connectivity index (χ4n) is 0.529. The summed E-state index contributed by atoms with van der Waals surface area (Å²) in [6, 6.07) is -0.0762. The summed E-state index contributed by atoms with van der Waals surface area (Å²) in [5, 5.41) is 11.0. The van der Waals surface area contributed by atoms with Gasteiger partial charge in [-0.15, -0.1) is 0 Å². The third kappa shape index (κ3) is 5.39. The minimum Gasteiger partial charge on any atom is -0.396 e. The van der Waals surface area contributed by atoms with Gasteiger partial charge < -0.3 is 10.8 Å². The minimum absolute atomic E-state index is 0.0762. The zero-order valence-electron chi connectivity index (χ0n) is 5.29. The number of nitroso groups, excluding NO2 is 1. The lowest BCUT2D eigenvalue weighted by Crippen LogP contribution is -2.21. The Morgan fingerprint density at radius 2 is 2.22 bits per heavy atom. The highest BCUT2D eigenvalue weighted by molar-refractivity contribution is 4.60. The molecule has 4 nitrogen and oxygen atoms in total. The van der Waals surface area contributed by atoms with Gasteiger partial charge in [-0.05, 0) is 12.8 Å². The smallest absolute Gasteiger partial charge is 0.0825 e. The van der Waals surface area contributed by atoms with Gasteiger partial charge in [-0.3, -0.25) is 0 Å². The quantitative estimate of drug-likeness (QED) is 0.511. The van der Waals surface area contributed by atoms with E-state index in [0.717, 1.165) is 0 Å². The monoisotopic (exact) mass is 132 g/mol. The SMILES string of the molecule is NC(CCO)CCN=O. The van der Waals surface area contributed by atoms with E-state index in [1.54, 1.807) is 0 Å². The number of hydrogen-bond donors (Lipinski definition) is 2. The lowest BCUT2D eigenvalue weighted by molar-refractivity contribution is 0.273. The summed E-state index contributed by atoms with van der Waals surface area (Å²) in [5.41, 5.74) is 5.41. The molecule has 0 radical (unpaired) electrons. The van der Waals surface area contributed by atoms with Crippen LogP contribution in [0, 0.1) is 4.91 Å². The first kappa shape index (κ1) is 8.52. The van der Waals surface area contributed by atoms with Crippen LogP contribution < -0.4 is 5.73 Å². The minimum atomic E-state index is -0.0762. The van der Waals surface area contributed by atoms with E-state index in [9.17, 15) is 4.91 Å². The van der Waals surface area contributed by atoms with Gasteiger partial charge in [0, 0.05) is 12.6 Å². The van der Waals surface area contributed by atoms with Crippen LogP contribution in [-0.4, -0.2) is 24.3 Å². The van der Waals surface area contributed by atoms with Crippen molar-refractivity contribution in [2.75, 3.05) is 13.2 Å². The Kier molecular flexibility index (Phi) is 5.35. The summed E-state index contributed by atoms with van der Waals surface area (Å²) in [5.74, 6) is 0. The summed E-state index contributed by atoms with van der Waals surface area (Å²) in [7, 11) is 0. The second kappa shape index (κ2) is 5.65. The third-order valence-electron chi connectivity index (χ3n) is 1.09. The molecule has 0 aliphatic heterocycles. The average molecular weight is 132 g/mol. The molecule has 1 atom stereocenters. The standard InChI is InChI=1S/C5H12N2O2/c6-5(2-4-8)1-3-7-9/h5,8H,1-4,6H2. The number of rotatable bonds is 5. The summed E-state index contributed by atoms with van der Waals surface area (Å²) < 4.78 is 0. The molecule has 0 fully saturated rings. The van der Waals surface area contributed by atoms with Crippen molar-refractivity contribution in [3.05, 3.63) is 4.91 Å². The molecule has 0 aliphatic carbocycles. The molecule has 0 aromatic heterocycles. The molecule has 3 N–H and O–H groups in total. The Balaban J connectivity index is 3.04. The van der Waals surface area contributed by atoms with Crippen molar-refractivity contribution < 1.29 is 5.11 Å². The topological polar surface area (TPSA) is 75.7 Å². The normalized spacial score (nSPS) is 13.1. The van der Waals surface area contributed by atoms with Gasteiger partial charge in [-0.25, -0.2) is 0 Å². The molecule has 0 saturated carbocycles. The van der Waals surface area contributed by atoms with Crippen LogP contribution in [0.4, 0.5) is 0 Å². The van der Waals surface area contributed by atoms with Crippen LogP contribution in [0.5, 0.6) is 0 Å². The maximum absolute atomic E-state index is 9.55. The third-order valence-corrected chi connectivity index (χ3v) is 1.09. The van der Waals surface area contributed by atoms with Crippen LogP contribution in [0.1, 0.15) is 12.8 Å². The first-order valence-corrected chi connectivity index (χ1v) is 2.96. The Morgan fingerprint density at radius 3 is 2.67 bits per heavy atom. The maximum Gasteiger partial charge on any atom is 0.0825 e. The van der Waals surface area contributed by atoms with Crippen LogP contribution in [-0.2, 0) is 0 Å². The number of aliphatic hydroxyl groups is 1. The molecule has 1 unspecified atom stereocenters. The van der Waals surface area contributed by atoms with Gasteiger partial charge >= 0.3 is 0 Å². The Morgan fingerprint density at radius 1 is 1.56 bits per heavy atom. The van der Waals surface area contributed by atoms with Crippen molar-refractivity contribution in [2.24, 2.45) is 10.9 Å². The molecule has 0 aliphatic rings. The molecule has 0 spiro atoms. The van der Waals surface area contributed by atoms with E-state index in [0.29, 0.717) is 12.8 Å². The average Bonchev–Trinajstić information content (AvgIpc) is 1.85. The number of nitrogens with two attached hydrogens (primary N) is 1. The molecule has 0 aromatic carbocycles. The zero-order chi connectivity index (χ0) is 7.11. The van der Waals surface area contributed by atoms with Gasteiger partial charge in [0.2, 0.25) is 0 Å².